The highest BCUT2D eigenvalue weighted by atomic mass is 16.6. The fourth-order valence-corrected chi connectivity index (χ4v) is 0.671. The number of carbonyl (C=O) groups is 2. The summed E-state index contributed by atoms with van der Waals surface area (Å²) in [7, 11) is 0. The van der Waals surface area contributed by atoms with Crippen molar-refractivity contribution in [1.29, 1.82) is 0 Å². The molecule has 0 bridgehead atoms. The van der Waals surface area contributed by atoms with Gasteiger partial charge in [0.15, 0.2) is 0 Å². The number of allylic oxidation sites excluding steroid dienone is 1. The van der Waals surface area contributed by atoms with Gasteiger partial charge < -0.3 is 4.74 Å². The molecule has 4 nitrogen and oxygen atoms in total. The average molecular weight is 199 g/mol. The highest BCUT2D eigenvalue weighted by Crippen LogP contribution is 2.06. The lowest BCUT2D eigenvalue weighted by molar-refractivity contribution is -0.116. The summed E-state index contributed by atoms with van der Waals surface area (Å²) in [5, 5.41) is 2.08. The second-order valence-electron chi connectivity index (χ2n) is 3.80. The van der Waals surface area contributed by atoms with Crippen molar-refractivity contribution in [2.24, 2.45) is 0 Å². The van der Waals surface area contributed by atoms with E-state index >= 15 is 0 Å². The molecule has 0 spiro atoms. The molecule has 0 aliphatic heterocycles. The minimum atomic E-state index is -0.719. The SMILES string of the molecule is CC/C=C/C(=O)NC(=O)OC(C)(C)C. The zero-order valence-electron chi connectivity index (χ0n) is 9.09. The van der Waals surface area contributed by atoms with Crippen LogP contribution in [-0.4, -0.2) is 17.6 Å². The van der Waals surface area contributed by atoms with E-state index in [0.29, 0.717) is 0 Å². The van der Waals surface area contributed by atoms with Crippen LogP contribution in [0.15, 0.2) is 12.2 Å². The maximum Gasteiger partial charge on any atom is 0.414 e. The van der Waals surface area contributed by atoms with Gasteiger partial charge in [0.05, 0.1) is 0 Å². The lowest BCUT2D eigenvalue weighted by Gasteiger charge is -2.18. The van der Waals surface area contributed by atoms with E-state index in [4.69, 9.17) is 4.74 Å². The summed E-state index contributed by atoms with van der Waals surface area (Å²) < 4.78 is 4.88. The zero-order valence-corrected chi connectivity index (χ0v) is 9.09. The zero-order chi connectivity index (χ0) is 11.2. The van der Waals surface area contributed by atoms with Crippen molar-refractivity contribution in [2.45, 2.75) is 39.7 Å². The van der Waals surface area contributed by atoms with E-state index in [9.17, 15) is 9.59 Å². The summed E-state index contributed by atoms with van der Waals surface area (Å²) in [5.74, 6) is -0.457. The van der Waals surface area contributed by atoms with Crippen LogP contribution in [-0.2, 0) is 9.53 Å². The van der Waals surface area contributed by atoms with Gasteiger partial charge in [0, 0.05) is 0 Å². The molecule has 0 aromatic heterocycles. The number of hydrogen-bond acceptors (Lipinski definition) is 3. The largest absolute Gasteiger partial charge is 0.444 e. The van der Waals surface area contributed by atoms with Crippen molar-refractivity contribution < 1.29 is 14.3 Å². The van der Waals surface area contributed by atoms with E-state index in [1.54, 1.807) is 26.8 Å². The molecule has 0 rings (SSSR count). The van der Waals surface area contributed by atoms with Crippen LogP contribution in [0.5, 0.6) is 0 Å². The normalized spacial score (nSPS) is 11.4. The minimum Gasteiger partial charge on any atom is -0.444 e. The van der Waals surface area contributed by atoms with E-state index in [2.05, 4.69) is 5.32 Å². The Morgan fingerprint density at radius 3 is 2.36 bits per heavy atom. The molecule has 0 aliphatic rings. The van der Waals surface area contributed by atoms with Crippen LogP contribution in [0.2, 0.25) is 0 Å². The number of hydrogen-bond donors (Lipinski definition) is 1. The Labute approximate surface area is 84.3 Å². The van der Waals surface area contributed by atoms with Crippen LogP contribution < -0.4 is 5.32 Å². The Balaban J connectivity index is 3.95. The molecule has 0 radical (unpaired) electrons. The minimum absolute atomic E-state index is 0.457. The van der Waals surface area contributed by atoms with Crippen molar-refractivity contribution in [2.75, 3.05) is 0 Å². The first-order valence-corrected chi connectivity index (χ1v) is 4.55. The van der Waals surface area contributed by atoms with Gasteiger partial charge in [-0.25, -0.2) is 4.79 Å². The molecule has 80 valence electrons. The highest BCUT2D eigenvalue weighted by Gasteiger charge is 2.16. The van der Waals surface area contributed by atoms with E-state index < -0.39 is 17.6 Å². The molecule has 1 N–H and O–H groups in total. The quantitative estimate of drug-likeness (QED) is 0.692. The summed E-state index contributed by atoms with van der Waals surface area (Å²) in [5.41, 5.74) is -0.584. The molecule has 0 fully saturated rings. The fourth-order valence-electron chi connectivity index (χ4n) is 0.671. The maximum atomic E-state index is 11.0. The van der Waals surface area contributed by atoms with Gasteiger partial charge >= 0.3 is 6.09 Å². The monoisotopic (exact) mass is 199 g/mol. The van der Waals surface area contributed by atoms with Gasteiger partial charge in [0.25, 0.3) is 5.91 Å². The van der Waals surface area contributed by atoms with Gasteiger partial charge in [-0.2, -0.15) is 0 Å². The molecule has 0 unspecified atom stereocenters. The first-order valence-electron chi connectivity index (χ1n) is 4.55. The first-order chi connectivity index (χ1) is 6.35. The molecule has 0 aromatic rings. The summed E-state index contributed by atoms with van der Waals surface area (Å²) in [4.78, 5) is 22.0. The Bertz CT molecular complexity index is 238. The third kappa shape index (κ3) is 7.34. The van der Waals surface area contributed by atoms with E-state index in [-0.39, 0.29) is 0 Å². The number of amides is 2. The number of ether oxygens (including phenoxy) is 1. The average Bonchev–Trinajstić information content (AvgIpc) is 1.96. The van der Waals surface area contributed by atoms with Crippen LogP contribution >= 0.6 is 0 Å². The van der Waals surface area contributed by atoms with Crippen LogP contribution in [0.1, 0.15) is 34.1 Å². The van der Waals surface area contributed by atoms with Crippen LogP contribution in [0.25, 0.3) is 0 Å². The van der Waals surface area contributed by atoms with Crippen LogP contribution in [0.4, 0.5) is 4.79 Å². The van der Waals surface area contributed by atoms with Crippen molar-refractivity contribution in [3.63, 3.8) is 0 Å². The predicted octanol–water partition coefficient (Wildman–Crippen LogP) is 2.00. The molecular formula is C10H17NO3. The standard InChI is InChI=1S/C10H17NO3/c1-5-6-7-8(12)11-9(13)14-10(2,3)4/h6-7H,5H2,1-4H3,(H,11,12,13)/b7-6+. The van der Waals surface area contributed by atoms with Crippen LogP contribution in [0.3, 0.4) is 0 Å². The smallest absolute Gasteiger partial charge is 0.414 e. The van der Waals surface area contributed by atoms with Crippen molar-refractivity contribution in [3.05, 3.63) is 12.2 Å². The predicted molar refractivity (Wildman–Crippen MR) is 53.8 cm³/mol. The summed E-state index contributed by atoms with van der Waals surface area (Å²) in [6.07, 6.45) is 3.01. The Kier molecular flexibility index (Phi) is 4.91. The Morgan fingerprint density at radius 2 is 1.93 bits per heavy atom. The van der Waals surface area contributed by atoms with Crippen LogP contribution in [0, 0.1) is 0 Å². The van der Waals surface area contributed by atoms with Gasteiger partial charge in [-0.15, -0.1) is 0 Å². The molecule has 2 amide bonds. The molecule has 0 aromatic carbocycles. The summed E-state index contributed by atoms with van der Waals surface area (Å²) in [6.45, 7) is 7.11. The van der Waals surface area contributed by atoms with Crippen molar-refractivity contribution in [1.82, 2.24) is 5.32 Å². The molecule has 0 atom stereocenters. The topological polar surface area (TPSA) is 55.4 Å². The lowest BCUT2D eigenvalue weighted by Crippen LogP contribution is -2.35. The molecule has 0 saturated heterocycles. The molecule has 14 heavy (non-hydrogen) atoms. The van der Waals surface area contributed by atoms with Gasteiger partial charge in [0.2, 0.25) is 0 Å². The van der Waals surface area contributed by atoms with E-state index in [0.717, 1.165) is 6.42 Å². The molecule has 0 saturated carbocycles. The number of rotatable bonds is 2. The maximum absolute atomic E-state index is 11.0. The molecule has 4 heteroatoms. The summed E-state index contributed by atoms with van der Waals surface area (Å²) >= 11 is 0. The van der Waals surface area contributed by atoms with E-state index in [1.165, 1.54) is 6.08 Å². The number of nitrogens with one attached hydrogen (secondary N) is 1. The number of carbonyl (C=O) groups excluding carboxylic acids is 2. The van der Waals surface area contributed by atoms with Gasteiger partial charge in [0.1, 0.15) is 5.60 Å². The Morgan fingerprint density at radius 1 is 1.36 bits per heavy atom. The number of alkyl carbamates (subject to hydrolysis) is 1. The van der Waals surface area contributed by atoms with Crippen molar-refractivity contribution in [3.8, 4) is 0 Å². The fraction of sp³-hybridized carbons (Fsp3) is 0.600. The Hall–Kier alpha value is -1.32. The van der Waals surface area contributed by atoms with Gasteiger partial charge in [-0.3, -0.25) is 10.1 Å². The second kappa shape index (κ2) is 5.42. The summed E-state index contributed by atoms with van der Waals surface area (Å²) in [6, 6.07) is 0. The highest BCUT2D eigenvalue weighted by molar-refractivity contribution is 5.98. The first kappa shape index (κ1) is 12.7. The number of imide groups is 1. The molecule has 0 aliphatic carbocycles. The van der Waals surface area contributed by atoms with Gasteiger partial charge in [-0.1, -0.05) is 13.0 Å². The third-order valence-electron chi connectivity index (χ3n) is 1.13. The third-order valence-corrected chi connectivity index (χ3v) is 1.13. The molecular weight excluding hydrogens is 182 g/mol. The lowest BCUT2D eigenvalue weighted by atomic mass is 10.2. The second-order valence-corrected chi connectivity index (χ2v) is 3.80. The molecule has 0 heterocycles. The van der Waals surface area contributed by atoms with E-state index in [1.807, 2.05) is 6.92 Å². The van der Waals surface area contributed by atoms with Gasteiger partial charge in [-0.05, 0) is 33.3 Å². The van der Waals surface area contributed by atoms with Crippen molar-refractivity contribution >= 4 is 12.0 Å².